The first kappa shape index (κ1) is 11.2. The van der Waals surface area contributed by atoms with Crippen LogP contribution < -0.4 is 0 Å². The van der Waals surface area contributed by atoms with Gasteiger partial charge in [-0.2, -0.15) is 0 Å². The van der Waals surface area contributed by atoms with Crippen LogP contribution in [0.3, 0.4) is 0 Å². The van der Waals surface area contributed by atoms with Gasteiger partial charge in [-0.1, -0.05) is 23.2 Å². The Bertz CT molecular complexity index is 687. The average Bonchev–Trinajstić information content (AvgIpc) is 2.50. The maximum absolute atomic E-state index is 11.5. The number of fused-ring (bicyclic) bond motifs is 2. The van der Waals surface area contributed by atoms with Gasteiger partial charge in [-0.05, 0) is 23.3 Å². The lowest BCUT2D eigenvalue weighted by molar-refractivity contribution is 0.598. The van der Waals surface area contributed by atoms with Crippen LogP contribution in [-0.4, -0.2) is 18.4 Å². The minimum atomic E-state index is -3.02. The topological polar surface area (TPSA) is 59.9 Å². The van der Waals surface area contributed by atoms with Crippen molar-refractivity contribution < 1.29 is 8.42 Å². The molecule has 0 amide bonds. The van der Waals surface area contributed by atoms with Crippen LogP contribution >= 0.6 is 23.2 Å². The van der Waals surface area contributed by atoms with E-state index in [1.165, 1.54) is 0 Å². The number of sulfone groups is 1. The second-order valence-corrected chi connectivity index (χ2v) is 6.73. The summed E-state index contributed by atoms with van der Waals surface area (Å²) >= 11 is 11.5. The van der Waals surface area contributed by atoms with Crippen LogP contribution in [0, 0.1) is 0 Å². The van der Waals surface area contributed by atoms with Gasteiger partial charge < -0.3 is 0 Å². The zero-order valence-electron chi connectivity index (χ0n) is 8.44. The van der Waals surface area contributed by atoms with E-state index in [2.05, 4.69) is 9.97 Å². The normalized spacial score (nSPS) is 17.3. The molecule has 17 heavy (non-hydrogen) atoms. The number of aromatic nitrogens is 2. The minimum Gasteiger partial charge on any atom is -0.231 e. The van der Waals surface area contributed by atoms with Gasteiger partial charge >= 0.3 is 0 Å². The largest absolute Gasteiger partial charge is 0.231 e. The molecular formula is C10H6Cl2N2O2S. The third-order valence-corrected chi connectivity index (χ3v) is 4.78. The Hall–Kier alpha value is -0.910. The Kier molecular flexibility index (Phi) is 2.33. The number of hydrogen-bond donors (Lipinski definition) is 0. The number of hydrogen-bond acceptors (Lipinski definition) is 4. The molecule has 1 aromatic carbocycles. The minimum absolute atomic E-state index is 0.0558. The molecule has 0 unspecified atom stereocenters. The summed E-state index contributed by atoms with van der Waals surface area (Å²) in [6.45, 7) is 0. The molecule has 3 rings (SSSR count). The monoisotopic (exact) mass is 288 g/mol. The van der Waals surface area contributed by atoms with E-state index >= 15 is 0 Å². The zero-order valence-corrected chi connectivity index (χ0v) is 10.8. The third-order valence-electron chi connectivity index (χ3n) is 2.66. The average molecular weight is 289 g/mol. The smallest absolute Gasteiger partial charge is 0.167 e. The van der Waals surface area contributed by atoms with Crippen molar-refractivity contribution in [1.82, 2.24) is 9.97 Å². The molecule has 0 fully saturated rings. The molecule has 88 valence electrons. The van der Waals surface area contributed by atoms with E-state index in [9.17, 15) is 8.42 Å². The molecule has 1 aliphatic rings. The molecule has 0 radical (unpaired) electrons. The van der Waals surface area contributed by atoms with Crippen LogP contribution in [0.1, 0.15) is 11.1 Å². The van der Waals surface area contributed by atoms with Crippen LogP contribution in [0.15, 0.2) is 12.1 Å². The van der Waals surface area contributed by atoms with Crippen LogP contribution in [0.5, 0.6) is 0 Å². The molecule has 0 bridgehead atoms. The van der Waals surface area contributed by atoms with E-state index in [0.717, 1.165) is 11.1 Å². The Morgan fingerprint density at radius 2 is 1.35 bits per heavy atom. The molecule has 4 nitrogen and oxygen atoms in total. The SMILES string of the molecule is O=S1(=O)Cc2cc3nc(Cl)c(Cl)nc3cc2C1. The maximum Gasteiger partial charge on any atom is 0.167 e. The molecule has 0 saturated carbocycles. The Balaban J connectivity index is 2.30. The second-order valence-electron chi connectivity index (χ2n) is 3.95. The molecule has 2 aromatic rings. The fourth-order valence-electron chi connectivity index (χ4n) is 1.94. The van der Waals surface area contributed by atoms with E-state index in [4.69, 9.17) is 23.2 Å². The third kappa shape index (κ3) is 1.88. The Morgan fingerprint density at radius 1 is 0.941 bits per heavy atom. The van der Waals surface area contributed by atoms with Gasteiger partial charge in [0, 0.05) is 0 Å². The van der Waals surface area contributed by atoms with Crippen molar-refractivity contribution in [3.63, 3.8) is 0 Å². The lowest BCUT2D eigenvalue weighted by Gasteiger charge is -2.02. The summed E-state index contributed by atoms with van der Waals surface area (Å²) in [6, 6.07) is 3.43. The highest BCUT2D eigenvalue weighted by Crippen LogP contribution is 2.30. The first-order valence-corrected chi connectivity index (χ1v) is 7.37. The fourth-order valence-corrected chi connectivity index (χ4v) is 3.79. The van der Waals surface area contributed by atoms with Crippen LogP contribution in [0.25, 0.3) is 11.0 Å². The molecule has 1 aromatic heterocycles. The zero-order chi connectivity index (χ0) is 12.2. The molecule has 0 aliphatic carbocycles. The molecule has 0 saturated heterocycles. The lowest BCUT2D eigenvalue weighted by Crippen LogP contribution is -1.95. The summed E-state index contributed by atoms with van der Waals surface area (Å²) in [6.07, 6.45) is 0. The van der Waals surface area contributed by atoms with Crippen molar-refractivity contribution >= 4 is 44.1 Å². The molecular weight excluding hydrogens is 283 g/mol. The Labute approximate surface area is 108 Å². The van der Waals surface area contributed by atoms with Gasteiger partial charge in [0.05, 0.1) is 22.5 Å². The van der Waals surface area contributed by atoms with Crippen molar-refractivity contribution in [3.05, 3.63) is 33.6 Å². The van der Waals surface area contributed by atoms with Gasteiger partial charge in [0.2, 0.25) is 0 Å². The maximum atomic E-state index is 11.5. The van der Waals surface area contributed by atoms with Gasteiger partial charge in [-0.3, -0.25) is 0 Å². The van der Waals surface area contributed by atoms with E-state index in [1.807, 2.05) is 0 Å². The van der Waals surface area contributed by atoms with Crippen LogP contribution in [0.2, 0.25) is 10.3 Å². The number of benzene rings is 1. The Morgan fingerprint density at radius 3 is 1.76 bits per heavy atom. The standard InChI is InChI=1S/C10H6Cl2N2O2S/c11-9-10(12)14-8-2-6-4-17(15,16)3-5(6)1-7(8)13-9/h1-2H,3-4H2. The highest BCUT2D eigenvalue weighted by Gasteiger charge is 2.25. The van der Waals surface area contributed by atoms with Crippen LogP contribution in [0.4, 0.5) is 0 Å². The molecule has 0 atom stereocenters. The van der Waals surface area contributed by atoms with E-state index in [-0.39, 0.29) is 21.8 Å². The van der Waals surface area contributed by atoms with Gasteiger partial charge in [-0.15, -0.1) is 0 Å². The molecule has 2 heterocycles. The summed E-state index contributed by atoms with van der Waals surface area (Å²) in [7, 11) is -3.02. The molecule has 1 aliphatic heterocycles. The second kappa shape index (κ2) is 3.54. The predicted octanol–water partition coefficient (Wildman–Crippen LogP) is 2.37. The number of halogens is 2. The van der Waals surface area contributed by atoms with E-state index < -0.39 is 9.84 Å². The summed E-state index contributed by atoms with van der Waals surface area (Å²) in [4.78, 5) is 8.15. The predicted molar refractivity (Wildman–Crippen MR) is 65.9 cm³/mol. The highest BCUT2D eigenvalue weighted by atomic mass is 35.5. The van der Waals surface area contributed by atoms with Gasteiger partial charge in [0.25, 0.3) is 0 Å². The summed E-state index contributed by atoms with van der Waals surface area (Å²) in [5, 5.41) is 0.250. The lowest BCUT2D eigenvalue weighted by atomic mass is 10.1. The van der Waals surface area contributed by atoms with Crippen molar-refractivity contribution in [3.8, 4) is 0 Å². The molecule has 7 heteroatoms. The highest BCUT2D eigenvalue weighted by molar-refractivity contribution is 7.90. The van der Waals surface area contributed by atoms with E-state index in [1.54, 1.807) is 12.1 Å². The van der Waals surface area contributed by atoms with Crippen molar-refractivity contribution in [2.24, 2.45) is 0 Å². The van der Waals surface area contributed by atoms with Gasteiger partial charge in [0.15, 0.2) is 20.1 Å². The van der Waals surface area contributed by atoms with Gasteiger partial charge in [-0.25, -0.2) is 18.4 Å². The van der Waals surface area contributed by atoms with Crippen molar-refractivity contribution in [2.75, 3.05) is 0 Å². The van der Waals surface area contributed by atoms with E-state index in [0.29, 0.717) is 11.0 Å². The van der Waals surface area contributed by atoms with Crippen molar-refractivity contribution in [1.29, 1.82) is 0 Å². The summed E-state index contributed by atoms with van der Waals surface area (Å²) in [5.41, 5.74) is 2.67. The number of rotatable bonds is 0. The quantitative estimate of drug-likeness (QED) is 0.747. The molecule has 0 spiro atoms. The van der Waals surface area contributed by atoms with Crippen LogP contribution in [-0.2, 0) is 21.3 Å². The summed E-state index contributed by atoms with van der Waals surface area (Å²) in [5.74, 6) is 0.112. The first-order valence-electron chi connectivity index (χ1n) is 4.79. The summed E-state index contributed by atoms with van der Waals surface area (Å²) < 4.78 is 23.0. The first-order chi connectivity index (χ1) is 7.94. The molecule has 0 N–H and O–H groups in total. The van der Waals surface area contributed by atoms with Crippen molar-refractivity contribution in [2.45, 2.75) is 11.5 Å². The fraction of sp³-hybridized carbons (Fsp3) is 0.200. The number of nitrogens with zero attached hydrogens (tertiary/aromatic N) is 2. The van der Waals surface area contributed by atoms with Gasteiger partial charge in [0.1, 0.15) is 0 Å².